The first-order chi connectivity index (χ1) is 16.4. The van der Waals surface area contributed by atoms with Crippen molar-refractivity contribution in [2.75, 3.05) is 26.2 Å². The van der Waals surface area contributed by atoms with Crippen molar-refractivity contribution >= 4 is 29.2 Å². The van der Waals surface area contributed by atoms with Crippen molar-refractivity contribution in [2.24, 2.45) is 11.0 Å². The zero-order chi connectivity index (χ0) is 24.2. The number of carbonyl (C=O) groups is 2. The van der Waals surface area contributed by atoms with E-state index in [1.54, 1.807) is 5.01 Å². The number of amides is 1. The molecule has 1 unspecified atom stereocenters. The van der Waals surface area contributed by atoms with Crippen LogP contribution in [0.15, 0.2) is 47.6 Å². The SMILES string of the molecule is CCOC(=O)C1CCN(CC(=O)N2N=C(c3cc(C)ccc3C)CC2c2ccccc2Cl)CC1. The summed E-state index contributed by atoms with van der Waals surface area (Å²) in [6, 6.07) is 13.7. The molecule has 34 heavy (non-hydrogen) atoms. The van der Waals surface area contributed by atoms with E-state index in [2.05, 4.69) is 36.9 Å². The summed E-state index contributed by atoms with van der Waals surface area (Å²) >= 11 is 6.54. The van der Waals surface area contributed by atoms with Crippen molar-refractivity contribution in [2.45, 2.75) is 46.1 Å². The number of likely N-dealkylation sites (tertiary alicyclic amines) is 1. The molecule has 2 aliphatic rings. The van der Waals surface area contributed by atoms with Crippen LogP contribution in [-0.4, -0.2) is 53.7 Å². The van der Waals surface area contributed by atoms with E-state index in [0.29, 0.717) is 44.0 Å². The van der Waals surface area contributed by atoms with Crippen LogP contribution in [0.25, 0.3) is 0 Å². The van der Waals surface area contributed by atoms with Crippen LogP contribution in [0.3, 0.4) is 0 Å². The molecule has 180 valence electrons. The zero-order valence-electron chi connectivity index (χ0n) is 20.1. The Labute approximate surface area is 206 Å². The van der Waals surface area contributed by atoms with E-state index < -0.39 is 0 Å². The van der Waals surface area contributed by atoms with Crippen LogP contribution in [0.5, 0.6) is 0 Å². The molecule has 6 nitrogen and oxygen atoms in total. The first-order valence-electron chi connectivity index (χ1n) is 12.0. The monoisotopic (exact) mass is 481 g/mol. The molecule has 1 fully saturated rings. The van der Waals surface area contributed by atoms with E-state index >= 15 is 0 Å². The highest BCUT2D eigenvalue weighted by molar-refractivity contribution is 6.31. The van der Waals surface area contributed by atoms with Gasteiger partial charge in [0.15, 0.2) is 0 Å². The number of esters is 1. The summed E-state index contributed by atoms with van der Waals surface area (Å²) in [5.41, 5.74) is 5.18. The van der Waals surface area contributed by atoms with Gasteiger partial charge in [-0.1, -0.05) is 47.5 Å². The van der Waals surface area contributed by atoms with E-state index in [-0.39, 0.29) is 30.4 Å². The summed E-state index contributed by atoms with van der Waals surface area (Å²) in [6.45, 7) is 7.99. The molecule has 0 aliphatic carbocycles. The first kappa shape index (κ1) is 24.4. The van der Waals surface area contributed by atoms with Gasteiger partial charge in [0, 0.05) is 17.0 Å². The van der Waals surface area contributed by atoms with Crippen LogP contribution in [0.2, 0.25) is 5.02 Å². The fourth-order valence-corrected chi connectivity index (χ4v) is 5.05. The Hall–Kier alpha value is -2.70. The van der Waals surface area contributed by atoms with Gasteiger partial charge in [-0.15, -0.1) is 0 Å². The second-order valence-corrected chi connectivity index (χ2v) is 9.55. The van der Waals surface area contributed by atoms with E-state index in [9.17, 15) is 9.59 Å². The highest BCUT2D eigenvalue weighted by Gasteiger charge is 2.36. The van der Waals surface area contributed by atoms with Gasteiger partial charge in [0.2, 0.25) is 0 Å². The smallest absolute Gasteiger partial charge is 0.309 e. The predicted molar refractivity (Wildman–Crippen MR) is 134 cm³/mol. The number of benzene rings is 2. The number of nitrogens with zero attached hydrogens (tertiary/aromatic N) is 3. The molecule has 0 radical (unpaired) electrons. The van der Waals surface area contributed by atoms with Gasteiger partial charge in [-0.3, -0.25) is 14.5 Å². The van der Waals surface area contributed by atoms with Gasteiger partial charge in [0.05, 0.1) is 30.8 Å². The molecule has 2 aromatic carbocycles. The van der Waals surface area contributed by atoms with Crippen molar-refractivity contribution in [3.8, 4) is 0 Å². The normalized spacial score (nSPS) is 19.2. The number of hydrazone groups is 1. The standard InChI is InChI=1S/C27H32ClN3O3/c1-4-34-27(33)20-11-13-30(14-12-20)17-26(32)31-25(21-7-5-6-8-23(21)28)16-24(29-31)22-15-18(2)9-10-19(22)3/h5-10,15,20,25H,4,11-14,16-17H2,1-3H3. The fourth-order valence-electron chi connectivity index (χ4n) is 4.79. The molecule has 7 heteroatoms. The van der Waals surface area contributed by atoms with Gasteiger partial charge >= 0.3 is 5.97 Å². The van der Waals surface area contributed by atoms with Crippen molar-refractivity contribution in [1.82, 2.24) is 9.91 Å². The quantitative estimate of drug-likeness (QED) is 0.550. The molecule has 0 bridgehead atoms. The Bertz CT molecular complexity index is 1090. The highest BCUT2D eigenvalue weighted by Crippen LogP contribution is 2.37. The Morgan fingerprint density at radius 3 is 2.56 bits per heavy atom. The maximum atomic E-state index is 13.5. The molecule has 1 amide bonds. The third kappa shape index (κ3) is 5.34. The molecule has 1 atom stereocenters. The minimum absolute atomic E-state index is 0.0557. The predicted octanol–water partition coefficient (Wildman–Crippen LogP) is 4.91. The number of ether oxygens (including phenoxy) is 1. The molecule has 0 saturated carbocycles. The lowest BCUT2D eigenvalue weighted by Gasteiger charge is -2.32. The van der Waals surface area contributed by atoms with Crippen molar-refractivity contribution in [1.29, 1.82) is 0 Å². The summed E-state index contributed by atoms with van der Waals surface area (Å²) in [7, 11) is 0. The average molecular weight is 482 g/mol. The highest BCUT2D eigenvalue weighted by atomic mass is 35.5. The van der Waals surface area contributed by atoms with Gasteiger partial charge in [0.25, 0.3) is 5.91 Å². The minimum Gasteiger partial charge on any atom is -0.466 e. The maximum absolute atomic E-state index is 13.5. The number of piperidine rings is 1. The number of halogens is 1. The minimum atomic E-state index is -0.242. The second-order valence-electron chi connectivity index (χ2n) is 9.15. The van der Waals surface area contributed by atoms with Crippen molar-refractivity contribution in [3.05, 3.63) is 69.7 Å². The van der Waals surface area contributed by atoms with Crippen LogP contribution in [0.1, 0.15) is 54.5 Å². The fraction of sp³-hybridized carbons (Fsp3) is 0.444. The topological polar surface area (TPSA) is 62.2 Å². The van der Waals surface area contributed by atoms with E-state index in [0.717, 1.165) is 28.0 Å². The molecule has 2 aromatic rings. The third-order valence-corrected chi connectivity index (χ3v) is 7.04. The van der Waals surface area contributed by atoms with Gasteiger partial charge in [-0.25, -0.2) is 5.01 Å². The Morgan fingerprint density at radius 2 is 1.85 bits per heavy atom. The number of rotatable bonds is 6. The lowest BCUT2D eigenvalue weighted by Crippen LogP contribution is -2.43. The first-order valence-corrected chi connectivity index (χ1v) is 12.4. The van der Waals surface area contributed by atoms with Gasteiger partial charge < -0.3 is 4.74 Å². The molecular weight excluding hydrogens is 450 g/mol. The van der Waals surface area contributed by atoms with Crippen molar-refractivity contribution < 1.29 is 14.3 Å². The second kappa shape index (κ2) is 10.7. The molecule has 4 rings (SSSR count). The molecule has 1 saturated heterocycles. The van der Waals surface area contributed by atoms with E-state index in [1.165, 1.54) is 0 Å². The third-order valence-electron chi connectivity index (χ3n) is 6.70. The number of hydrogen-bond donors (Lipinski definition) is 0. The molecular formula is C27H32ClN3O3. The molecule has 0 spiro atoms. The largest absolute Gasteiger partial charge is 0.466 e. The molecule has 2 aliphatic heterocycles. The van der Waals surface area contributed by atoms with Crippen LogP contribution in [-0.2, 0) is 14.3 Å². The van der Waals surface area contributed by atoms with Crippen LogP contribution < -0.4 is 0 Å². The Kier molecular flexibility index (Phi) is 7.69. The Morgan fingerprint density at radius 1 is 1.12 bits per heavy atom. The molecule has 0 aromatic heterocycles. The number of carbonyl (C=O) groups excluding carboxylic acids is 2. The maximum Gasteiger partial charge on any atom is 0.309 e. The number of hydrogen-bond acceptors (Lipinski definition) is 5. The summed E-state index contributed by atoms with van der Waals surface area (Å²) in [5, 5.41) is 7.09. The lowest BCUT2D eigenvalue weighted by molar-refractivity contribution is -0.149. The molecule has 2 heterocycles. The van der Waals surface area contributed by atoms with Gasteiger partial charge in [-0.2, -0.15) is 5.10 Å². The van der Waals surface area contributed by atoms with Gasteiger partial charge in [-0.05, 0) is 70.0 Å². The lowest BCUT2D eigenvalue weighted by atomic mass is 9.95. The van der Waals surface area contributed by atoms with Crippen LogP contribution >= 0.6 is 11.6 Å². The van der Waals surface area contributed by atoms with Gasteiger partial charge in [0.1, 0.15) is 0 Å². The van der Waals surface area contributed by atoms with E-state index in [4.69, 9.17) is 21.4 Å². The summed E-state index contributed by atoms with van der Waals surface area (Å²) in [5.74, 6) is -0.266. The Balaban J connectivity index is 1.53. The van der Waals surface area contributed by atoms with Crippen LogP contribution in [0.4, 0.5) is 0 Å². The summed E-state index contributed by atoms with van der Waals surface area (Å²) in [6.07, 6.45) is 2.03. The molecule has 0 N–H and O–H groups in total. The van der Waals surface area contributed by atoms with E-state index in [1.807, 2.05) is 31.2 Å². The zero-order valence-corrected chi connectivity index (χ0v) is 20.8. The number of aryl methyl sites for hydroxylation is 2. The summed E-state index contributed by atoms with van der Waals surface area (Å²) < 4.78 is 5.16. The average Bonchev–Trinajstić information content (AvgIpc) is 3.27. The summed E-state index contributed by atoms with van der Waals surface area (Å²) in [4.78, 5) is 27.6. The van der Waals surface area contributed by atoms with Crippen molar-refractivity contribution in [3.63, 3.8) is 0 Å². The van der Waals surface area contributed by atoms with Crippen LogP contribution in [0, 0.1) is 19.8 Å².